The Bertz CT molecular complexity index is 440. The van der Waals surface area contributed by atoms with Crippen LogP contribution in [0.3, 0.4) is 0 Å². The molecular formula is C19H30N2. The molecular weight excluding hydrogens is 256 g/mol. The smallest absolute Gasteiger partial charge is 0.0450 e. The van der Waals surface area contributed by atoms with Gasteiger partial charge in [0, 0.05) is 24.7 Å². The molecule has 2 unspecified atom stereocenters. The van der Waals surface area contributed by atoms with E-state index in [0.29, 0.717) is 11.6 Å². The van der Waals surface area contributed by atoms with E-state index in [1.54, 1.807) is 0 Å². The minimum atomic E-state index is 0.388. The number of hydrogen-bond donors (Lipinski definition) is 1. The maximum absolute atomic E-state index is 3.83. The minimum absolute atomic E-state index is 0.388. The summed E-state index contributed by atoms with van der Waals surface area (Å²) in [7, 11) is 0. The Labute approximate surface area is 129 Å². The summed E-state index contributed by atoms with van der Waals surface area (Å²) in [4.78, 5) is 2.80. The second-order valence-electron chi connectivity index (χ2n) is 7.13. The van der Waals surface area contributed by atoms with Crippen molar-refractivity contribution < 1.29 is 0 Å². The van der Waals surface area contributed by atoms with Crippen molar-refractivity contribution in [2.24, 2.45) is 5.92 Å². The van der Waals surface area contributed by atoms with E-state index < -0.39 is 0 Å². The number of rotatable bonds is 6. The molecule has 2 heteroatoms. The summed E-state index contributed by atoms with van der Waals surface area (Å²) >= 11 is 0. The van der Waals surface area contributed by atoms with E-state index in [1.165, 1.54) is 50.8 Å². The van der Waals surface area contributed by atoms with Gasteiger partial charge in [0.1, 0.15) is 0 Å². The molecule has 2 aliphatic rings. The Morgan fingerprint density at radius 3 is 2.62 bits per heavy atom. The molecule has 3 rings (SSSR count). The van der Waals surface area contributed by atoms with Gasteiger partial charge < -0.3 is 5.32 Å². The van der Waals surface area contributed by atoms with Crippen molar-refractivity contribution in [3.05, 3.63) is 35.9 Å². The molecule has 1 saturated carbocycles. The standard InChI is InChI=1S/C19H30N2/c1-3-4-8-13-21-14-18(16-9-6-5-7-10-16)20-15-19(21,2)17-11-12-17/h5-7,9-10,17-18,20H,3-4,8,11-15H2,1-2H3. The van der Waals surface area contributed by atoms with Crippen LogP contribution in [0.5, 0.6) is 0 Å². The van der Waals surface area contributed by atoms with E-state index in [1.807, 2.05) is 0 Å². The molecule has 116 valence electrons. The maximum atomic E-state index is 3.83. The first-order valence-corrected chi connectivity index (χ1v) is 8.77. The van der Waals surface area contributed by atoms with Crippen molar-refractivity contribution in [3.8, 4) is 0 Å². The van der Waals surface area contributed by atoms with Crippen molar-refractivity contribution in [3.63, 3.8) is 0 Å². The molecule has 1 saturated heterocycles. The van der Waals surface area contributed by atoms with Crippen LogP contribution in [-0.4, -0.2) is 30.1 Å². The van der Waals surface area contributed by atoms with E-state index in [4.69, 9.17) is 0 Å². The minimum Gasteiger partial charge on any atom is -0.307 e. The van der Waals surface area contributed by atoms with Crippen LogP contribution in [0.25, 0.3) is 0 Å². The fourth-order valence-corrected chi connectivity index (χ4v) is 3.85. The lowest BCUT2D eigenvalue weighted by Gasteiger charge is -2.49. The van der Waals surface area contributed by atoms with Gasteiger partial charge in [0.15, 0.2) is 0 Å². The molecule has 1 aliphatic heterocycles. The normalized spacial score (nSPS) is 30.5. The SMILES string of the molecule is CCCCCN1CC(c2ccccc2)NCC1(C)C1CC1. The molecule has 21 heavy (non-hydrogen) atoms. The Kier molecular flexibility index (Phi) is 4.66. The van der Waals surface area contributed by atoms with Crippen molar-refractivity contribution in [1.82, 2.24) is 10.2 Å². The lowest BCUT2D eigenvalue weighted by molar-refractivity contribution is 0.0332. The summed E-state index contributed by atoms with van der Waals surface area (Å²) < 4.78 is 0. The number of unbranched alkanes of at least 4 members (excludes halogenated alkanes) is 2. The second-order valence-corrected chi connectivity index (χ2v) is 7.13. The van der Waals surface area contributed by atoms with Crippen LogP contribution in [0.15, 0.2) is 30.3 Å². The number of benzene rings is 1. The Hall–Kier alpha value is -0.860. The second kappa shape index (κ2) is 6.50. The van der Waals surface area contributed by atoms with Crippen LogP contribution in [0.1, 0.15) is 57.6 Å². The monoisotopic (exact) mass is 286 g/mol. The quantitative estimate of drug-likeness (QED) is 0.795. The Morgan fingerprint density at radius 2 is 1.95 bits per heavy atom. The third kappa shape index (κ3) is 3.32. The zero-order valence-electron chi connectivity index (χ0n) is 13.6. The fourth-order valence-electron chi connectivity index (χ4n) is 3.85. The van der Waals surface area contributed by atoms with Crippen LogP contribution in [0.2, 0.25) is 0 Å². The van der Waals surface area contributed by atoms with Gasteiger partial charge in [-0.2, -0.15) is 0 Å². The molecule has 1 heterocycles. The highest BCUT2D eigenvalue weighted by Crippen LogP contribution is 2.45. The number of piperazine rings is 1. The lowest BCUT2D eigenvalue weighted by atomic mass is 9.88. The molecule has 2 nitrogen and oxygen atoms in total. The molecule has 0 aromatic heterocycles. The summed E-state index contributed by atoms with van der Waals surface area (Å²) in [6, 6.07) is 11.5. The third-order valence-corrected chi connectivity index (χ3v) is 5.52. The fraction of sp³-hybridized carbons (Fsp3) is 0.684. The van der Waals surface area contributed by atoms with E-state index >= 15 is 0 Å². The Balaban J connectivity index is 1.70. The molecule has 0 bridgehead atoms. The first-order chi connectivity index (χ1) is 10.2. The molecule has 0 amide bonds. The largest absolute Gasteiger partial charge is 0.307 e. The number of nitrogens with zero attached hydrogens (tertiary/aromatic N) is 1. The van der Waals surface area contributed by atoms with Crippen LogP contribution in [0.4, 0.5) is 0 Å². The first kappa shape index (κ1) is 15.1. The zero-order valence-corrected chi connectivity index (χ0v) is 13.6. The highest BCUT2D eigenvalue weighted by Gasteiger charge is 2.48. The average molecular weight is 286 g/mol. The van der Waals surface area contributed by atoms with Crippen LogP contribution in [0, 0.1) is 5.92 Å². The van der Waals surface area contributed by atoms with Crippen LogP contribution < -0.4 is 5.32 Å². The molecule has 2 fully saturated rings. The van der Waals surface area contributed by atoms with Crippen LogP contribution >= 0.6 is 0 Å². The van der Waals surface area contributed by atoms with Crippen LogP contribution in [-0.2, 0) is 0 Å². The van der Waals surface area contributed by atoms with E-state index in [-0.39, 0.29) is 0 Å². The molecule has 1 aliphatic carbocycles. The lowest BCUT2D eigenvalue weighted by Crippen LogP contribution is -2.61. The molecule has 1 aromatic rings. The van der Waals surface area contributed by atoms with Gasteiger partial charge in [-0.1, -0.05) is 50.1 Å². The third-order valence-electron chi connectivity index (χ3n) is 5.52. The van der Waals surface area contributed by atoms with E-state index in [0.717, 1.165) is 12.5 Å². The molecule has 0 spiro atoms. The highest BCUT2D eigenvalue weighted by atomic mass is 15.3. The van der Waals surface area contributed by atoms with Crippen molar-refractivity contribution in [2.75, 3.05) is 19.6 Å². The predicted octanol–water partition coefficient (Wildman–Crippen LogP) is 3.99. The van der Waals surface area contributed by atoms with Gasteiger partial charge in [-0.3, -0.25) is 4.90 Å². The van der Waals surface area contributed by atoms with Gasteiger partial charge in [0.05, 0.1) is 0 Å². The predicted molar refractivity (Wildman–Crippen MR) is 89.4 cm³/mol. The zero-order chi connectivity index (χ0) is 14.7. The summed E-state index contributed by atoms with van der Waals surface area (Å²) in [6.45, 7) is 8.37. The van der Waals surface area contributed by atoms with Crippen molar-refractivity contribution >= 4 is 0 Å². The Morgan fingerprint density at radius 1 is 1.19 bits per heavy atom. The summed E-state index contributed by atoms with van der Waals surface area (Å²) in [5, 5.41) is 3.83. The first-order valence-electron chi connectivity index (χ1n) is 8.77. The number of nitrogens with one attached hydrogen (secondary N) is 1. The highest BCUT2D eigenvalue weighted by molar-refractivity contribution is 5.21. The summed E-state index contributed by atoms with van der Waals surface area (Å²) in [6.07, 6.45) is 6.88. The molecule has 2 atom stereocenters. The van der Waals surface area contributed by atoms with E-state index in [9.17, 15) is 0 Å². The topological polar surface area (TPSA) is 15.3 Å². The van der Waals surface area contributed by atoms with Crippen molar-refractivity contribution in [2.45, 2.75) is 57.5 Å². The molecule has 1 N–H and O–H groups in total. The van der Waals surface area contributed by atoms with E-state index in [2.05, 4.69) is 54.4 Å². The van der Waals surface area contributed by atoms with Gasteiger partial charge >= 0.3 is 0 Å². The maximum Gasteiger partial charge on any atom is 0.0450 e. The van der Waals surface area contributed by atoms with Crippen molar-refractivity contribution in [1.29, 1.82) is 0 Å². The molecule has 0 radical (unpaired) electrons. The van der Waals surface area contributed by atoms with Gasteiger partial charge in [0.25, 0.3) is 0 Å². The van der Waals surface area contributed by atoms with Gasteiger partial charge in [-0.25, -0.2) is 0 Å². The summed E-state index contributed by atoms with van der Waals surface area (Å²) in [5.74, 6) is 0.920. The van der Waals surface area contributed by atoms with Gasteiger partial charge in [0.2, 0.25) is 0 Å². The summed E-state index contributed by atoms with van der Waals surface area (Å²) in [5.41, 5.74) is 1.83. The average Bonchev–Trinajstić information content (AvgIpc) is 3.35. The number of hydrogen-bond acceptors (Lipinski definition) is 2. The molecule has 1 aromatic carbocycles. The van der Waals surface area contributed by atoms with Gasteiger partial charge in [-0.05, 0) is 44.2 Å². The van der Waals surface area contributed by atoms with Gasteiger partial charge in [-0.15, -0.1) is 0 Å².